The molecule has 0 bridgehead atoms. The predicted molar refractivity (Wildman–Crippen MR) is 132 cm³/mol. The van der Waals surface area contributed by atoms with Gasteiger partial charge in [0.1, 0.15) is 11.5 Å². The Labute approximate surface area is 199 Å². The van der Waals surface area contributed by atoms with Crippen LogP contribution in [0.4, 0.5) is 0 Å². The Kier molecular flexibility index (Phi) is 7.01. The maximum Gasteiger partial charge on any atom is 0.262 e. The average molecular weight is 460 g/mol. The summed E-state index contributed by atoms with van der Waals surface area (Å²) in [5, 5.41) is 19.6. The Bertz CT molecular complexity index is 1300. The van der Waals surface area contributed by atoms with Crippen molar-refractivity contribution in [2.45, 2.75) is 33.0 Å². The Morgan fingerprint density at radius 2 is 1.68 bits per heavy atom. The number of aliphatic hydroxyl groups excluding tert-OH is 1. The Balaban J connectivity index is 1.46. The van der Waals surface area contributed by atoms with Crippen molar-refractivity contribution in [3.05, 3.63) is 94.7 Å². The fraction of sp³-hybridized carbons (Fsp3) is 0.250. The fourth-order valence-electron chi connectivity index (χ4n) is 4.25. The largest absolute Gasteiger partial charge is 0.497 e. The third kappa shape index (κ3) is 4.98. The number of aryl methyl sites for hydroxylation is 2. The zero-order chi connectivity index (χ0) is 24.2. The predicted octanol–water partition coefficient (Wildman–Crippen LogP) is 4.43. The molecule has 0 atom stereocenters. The van der Waals surface area contributed by atoms with Crippen LogP contribution in [0.1, 0.15) is 32.7 Å². The number of benzene rings is 3. The maximum atomic E-state index is 13.3. The Morgan fingerprint density at radius 1 is 0.941 bits per heavy atom. The highest BCUT2D eigenvalue weighted by Gasteiger charge is 2.17. The molecule has 4 rings (SSSR count). The van der Waals surface area contributed by atoms with E-state index < -0.39 is 6.29 Å². The topological polar surface area (TPSA) is 80.9 Å². The van der Waals surface area contributed by atoms with Crippen molar-refractivity contribution < 1.29 is 24.5 Å². The van der Waals surface area contributed by atoms with E-state index in [1.54, 1.807) is 23.8 Å². The standard InChI is InChI=1S/C28H29NO5/c1-18-15-24(33-3)12-7-20(18)13-14-34-23-10-8-21(9-11-23)28(32)29-19(2)16-25-22(17-27(30)31)5-4-6-26(25)29/h4-12,15-16,27,30-31H,13-14,17H2,1-3H3. The molecule has 0 aliphatic heterocycles. The van der Waals surface area contributed by atoms with Crippen LogP contribution in [-0.2, 0) is 12.8 Å². The summed E-state index contributed by atoms with van der Waals surface area (Å²) in [5.41, 5.74) is 5.24. The number of hydrogen-bond acceptors (Lipinski definition) is 5. The average Bonchev–Trinajstić information content (AvgIpc) is 3.16. The van der Waals surface area contributed by atoms with Crippen LogP contribution in [0.5, 0.6) is 11.5 Å². The molecule has 6 nitrogen and oxygen atoms in total. The highest BCUT2D eigenvalue weighted by Crippen LogP contribution is 2.26. The number of hydrogen-bond donors (Lipinski definition) is 2. The first kappa shape index (κ1) is 23.5. The van der Waals surface area contributed by atoms with E-state index >= 15 is 0 Å². The van der Waals surface area contributed by atoms with Crippen molar-refractivity contribution in [3.63, 3.8) is 0 Å². The number of carbonyl (C=O) groups excluding carboxylic acids is 1. The summed E-state index contributed by atoms with van der Waals surface area (Å²) in [6, 6.07) is 20.6. The third-order valence-electron chi connectivity index (χ3n) is 6.02. The minimum absolute atomic E-state index is 0.108. The molecule has 1 heterocycles. The lowest BCUT2D eigenvalue weighted by atomic mass is 10.1. The summed E-state index contributed by atoms with van der Waals surface area (Å²) in [6.45, 7) is 4.46. The molecule has 176 valence electrons. The first-order valence-electron chi connectivity index (χ1n) is 11.2. The first-order chi connectivity index (χ1) is 16.4. The molecule has 0 saturated carbocycles. The van der Waals surface area contributed by atoms with E-state index in [9.17, 15) is 15.0 Å². The monoisotopic (exact) mass is 459 g/mol. The Morgan fingerprint density at radius 3 is 2.35 bits per heavy atom. The normalized spacial score (nSPS) is 11.2. The second-order valence-corrected chi connectivity index (χ2v) is 8.38. The number of nitrogens with zero attached hydrogens (tertiary/aromatic N) is 1. The molecule has 0 saturated heterocycles. The molecule has 0 spiro atoms. The van der Waals surface area contributed by atoms with Gasteiger partial charge in [-0.2, -0.15) is 0 Å². The summed E-state index contributed by atoms with van der Waals surface area (Å²) < 4.78 is 12.8. The quantitative estimate of drug-likeness (QED) is 0.381. The summed E-state index contributed by atoms with van der Waals surface area (Å²) in [4.78, 5) is 13.3. The van der Waals surface area contributed by atoms with E-state index in [0.717, 1.165) is 39.9 Å². The van der Waals surface area contributed by atoms with Crippen molar-refractivity contribution in [2.24, 2.45) is 0 Å². The molecule has 0 fully saturated rings. The minimum atomic E-state index is -1.44. The van der Waals surface area contributed by atoms with Gasteiger partial charge in [0.2, 0.25) is 0 Å². The summed E-state index contributed by atoms with van der Waals surface area (Å²) in [7, 11) is 1.66. The molecule has 0 aliphatic rings. The Hall–Kier alpha value is -3.61. The van der Waals surface area contributed by atoms with Crippen molar-refractivity contribution >= 4 is 16.8 Å². The number of methoxy groups -OCH3 is 1. The second kappa shape index (κ2) is 10.1. The molecular formula is C28H29NO5. The number of aliphatic hydroxyl groups is 2. The zero-order valence-corrected chi connectivity index (χ0v) is 19.6. The smallest absolute Gasteiger partial charge is 0.262 e. The molecule has 1 aromatic heterocycles. The SMILES string of the molecule is COc1ccc(CCOc2ccc(C(=O)n3c(C)cc4c(CC(O)O)cccc43)cc2)c(C)c1. The van der Waals surface area contributed by atoms with Gasteiger partial charge in [0.05, 0.1) is 19.2 Å². The van der Waals surface area contributed by atoms with Crippen LogP contribution in [0.15, 0.2) is 66.7 Å². The fourth-order valence-corrected chi connectivity index (χ4v) is 4.25. The number of rotatable bonds is 8. The summed E-state index contributed by atoms with van der Waals surface area (Å²) >= 11 is 0. The van der Waals surface area contributed by atoms with E-state index in [0.29, 0.717) is 17.9 Å². The summed E-state index contributed by atoms with van der Waals surface area (Å²) in [5.74, 6) is 1.40. The van der Waals surface area contributed by atoms with Gasteiger partial charge < -0.3 is 19.7 Å². The molecule has 0 amide bonds. The molecule has 34 heavy (non-hydrogen) atoms. The van der Waals surface area contributed by atoms with Crippen molar-refractivity contribution in [1.82, 2.24) is 4.57 Å². The second-order valence-electron chi connectivity index (χ2n) is 8.38. The highest BCUT2D eigenvalue weighted by atomic mass is 16.5. The van der Waals surface area contributed by atoms with E-state index in [1.807, 2.05) is 55.5 Å². The van der Waals surface area contributed by atoms with Crippen molar-refractivity contribution in [1.29, 1.82) is 0 Å². The van der Waals surface area contributed by atoms with E-state index in [1.165, 1.54) is 5.56 Å². The minimum Gasteiger partial charge on any atom is -0.497 e. The van der Waals surface area contributed by atoms with Crippen LogP contribution in [0, 0.1) is 13.8 Å². The van der Waals surface area contributed by atoms with E-state index in [-0.39, 0.29) is 12.3 Å². The number of aromatic nitrogens is 1. The van der Waals surface area contributed by atoms with Crippen LogP contribution in [-0.4, -0.2) is 40.7 Å². The van der Waals surface area contributed by atoms with Gasteiger partial charge in [-0.3, -0.25) is 9.36 Å². The lowest BCUT2D eigenvalue weighted by Gasteiger charge is -2.11. The van der Waals surface area contributed by atoms with Crippen molar-refractivity contribution in [3.8, 4) is 11.5 Å². The number of fused-ring (bicyclic) bond motifs is 1. The van der Waals surface area contributed by atoms with Gasteiger partial charge in [0, 0.05) is 29.5 Å². The van der Waals surface area contributed by atoms with E-state index in [2.05, 4.69) is 13.0 Å². The molecule has 0 aliphatic carbocycles. The van der Waals surface area contributed by atoms with Gasteiger partial charge in [0.25, 0.3) is 5.91 Å². The molecule has 0 radical (unpaired) electrons. The molecule has 0 unspecified atom stereocenters. The van der Waals surface area contributed by atoms with Crippen molar-refractivity contribution in [2.75, 3.05) is 13.7 Å². The van der Waals surface area contributed by atoms with Gasteiger partial charge in [-0.1, -0.05) is 18.2 Å². The molecule has 4 aromatic rings. The molecular weight excluding hydrogens is 430 g/mol. The lowest BCUT2D eigenvalue weighted by molar-refractivity contribution is -0.0379. The van der Waals surface area contributed by atoms with Crippen LogP contribution < -0.4 is 9.47 Å². The lowest BCUT2D eigenvalue weighted by Crippen LogP contribution is -2.13. The van der Waals surface area contributed by atoms with Gasteiger partial charge in [-0.25, -0.2) is 0 Å². The third-order valence-corrected chi connectivity index (χ3v) is 6.02. The van der Waals surface area contributed by atoms with Crippen LogP contribution >= 0.6 is 0 Å². The van der Waals surface area contributed by atoms with Gasteiger partial charge in [-0.15, -0.1) is 0 Å². The molecule has 2 N–H and O–H groups in total. The van der Waals surface area contributed by atoms with Gasteiger partial charge in [-0.05, 0) is 79.1 Å². The van der Waals surface area contributed by atoms with Crippen LogP contribution in [0.2, 0.25) is 0 Å². The van der Waals surface area contributed by atoms with E-state index in [4.69, 9.17) is 9.47 Å². The van der Waals surface area contributed by atoms with Gasteiger partial charge >= 0.3 is 0 Å². The van der Waals surface area contributed by atoms with Crippen LogP contribution in [0.25, 0.3) is 10.9 Å². The number of ether oxygens (including phenoxy) is 2. The highest BCUT2D eigenvalue weighted by molar-refractivity contribution is 6.03. The first-order valence-corrected chi connectivity index (χ1v) is 11.2. The molecule has 6 heteroatoms. The summed E-state index contributed by atoms with van der Waals surface area (Å²) in [6.07, 6.45) is -0.557. The van der Waals surface area contributed by atoms with Gasteiger partial charge in [0.15, 0.2) is 6.29 Å². The molecule has 3 aromatic carbocycles. The zero-order valence-electron chi connectivity index (χ0n) is 19.6. The van der Waals surface area contributed by atoms with Crippen LogP contribution in [0.3, 0.4) is 0 Å². The number of carbonyl (C=O) groups is 1. The maximum absolute atomic E-state index is 13.3.